The SMILES string of the molecule is Nc1ncc(N2CCN(CC(=O)N3CCOCC3)CC2)nc1-c1nnc(-c2ccccc2)o1. The monoisotopic (exact) mass is 450 g/mol. The number of nitrogens with zero attached hydrogens (tertiary/aromatic N) is 7. The molecule has 0 saturated carbocycles. The molecule has 4 heterocycles. The zero-order valence-corrected chi connectivity index (χ0v) is 18.3. The molecule has 0 atom stereocenters. The first-order valence-electron chi connectivity index (χ1n) is 11.0. The number of nitrogen functional groups attached to an aromatic ring is 1. The van der Waals surface area contributed by atoms with Gasteiger partial charge in [-0.1, -0.05) is 18.2 Å². The first-order chi connectivity index (χ1) is 16.2. The van der Waals surface area contributed by atoms with Crippen molar-refractivity contribution < 1.29 is 13.9 Å². The summed E-state index contributed by atoms with van der Waals surface area (Å²) in [5.41, 5.74) is 7.26. The molecule has 3 aromatic rings. The van der Waals surface area contributed by atoms with Crippen molar-refractivity contribution in [2.75, 3.05) is 69.7 Å². The van der Waals surface area contributed by atoms with Gasteiger partial charge in [-0.2, -0.15) is 0 Å². The molecule has 5 rings (SSSR count). The van der Waals surface area contributed by atoms with E-state index in [-0.39, 0.29) is 17.6 Å². The van der Waals surface area contributed by atoms with Gasteiger partial charge in [0.15, 0.2) is 11.5 Å². The van der Waals surface area contributed by atoms with Crippen LogP contribution in [-0.4, -0.2) is 94.9 Å². The third-order valence-corrected chi connectivity index (χ3v) is 5.86. The number of nitrogens with two attached hydrogens (primary N) is 1. The average Bonchev–Trinajstić information content (AvgIpc) is 3.36. The topological polar surface area (TPSA) is 127 Å². The fourth-order valence-corrected chi connectivity index (χ4v) is 3.95. The van der Waals surface area contributed by atoms with Crippen molar-refractivity contribution in [3.05, 3.63) is 36.5 Å². The van der Waals surface area contributed by atoms with Gasteiger partial charge >= 0.3 is 0 Å². The van der Waals surface area contributed by atoms with Crippen molar-refractivity contribution in [3.8, 4) is 23.0 Å². The molecule has 0 unspecified atom stereocenters. The van der Waals surface area contributed by atoms with Crippen LogP contribution < -0.4 is 10.6 Å². The van der Waals surface area contributed by atoms with Gasteiger partial charge < -0.3 is 24.7 Å². The molecule has 33 heavy (non-hydrogen) atoms. The lowest BCUT2D eigenvalue weighted by Gasteiger charge is -2.36. The van der Waals surface area contributed by atoms with Crippen LogP contribution in [0.1, 0.15) is 0 Å². The quantitative estimate of drug-likeness (QED) is 0.595. The van der Waals surface area contributed by atoms with Crippen molar-refractivity contribution >= 4 is 17.5 Å². The Morgan fingerprint density at radius 2 is 1.70 bits per heavy atom. The van der Waals surface area contributed by atoms with Gasteiger partial charge in [0.2, 0.25) is 11.8 Å². The molecular formula is C22H26N8O3. The van der Waals surface area contributed by atoms with Gasteiger partial charge in [0.05, 0.1) is 26.0 Å². The van der Waals surface area contributed by atoms with E-state index in [2.05, 4.69) is 30.0 Å². The molecule has 0 radical (unpaired) electrons. The molecule has 2 fully saturated rings. The molecule has 0 spiro atoms. The number of amides is 1. The predicted molar refractivity (Wildman–Crippen MR) is 121 cm³/mol. The summed E-state index contributed by atoms with van der Waals surface area (Å²) in [5, 5.41) is 8.24. The van der Waals surface area contributed by atoms with Gasteiger partial charge in [-0.15, -0.1) is 10.2 Å². The zero-order valence-electron chi connectivity index (χ0n) is 18.3. The highest BCUT2D eigenvalue weighted by atomic mass is 16.5. The summed E-state index contributed by atoms with van der Waals surface area (Å²) in [7, 11) is 0. The Morgan fingerprint density at radius 3 is 2.45 bits per heavy atom. The molecule has 1 aromatic carbocycles. The van der Waals surface area contributed by atoms with Crippen molar-refractivity contribution in [1.82, 2.24) is 30.0 Å². The minimum Gasteiger partial charge on any atom is -0.414 e. The van der Waals surface area contributed by atoms with Crippen molar-refractivity contribution in [2.45, 2.75) is 0 Å². The van der Waals surface area contributed by atoms with E-state index in [0.29, 0.717) is 50.3 Å². The van der Waals surface area contributed by atoms with Crippen molar-refractivity contribution in [1.29, 1.82) is 0 Å². The number of anilines is 2. The number of aromatic nitrogens is 4. The van der Waals surface area contributed by atoms with Crippen molar-refractivity contribution in [3.63, 3.8) is 0 Å². The third kappa shape index (κ3) is 4.78. The highest BCUT2D eigenvalue weighted by Crippen LogP contribution is 2.27. The second-order valence-electron chi connectivity index (χ2n) is 8.00. The lowest BCUT2D eigenvalue weighted by Crippen LogP contribution is -2.51. The highest BCUT2D eigenvalue weighted by molar-refractivity contribution is 5.78. The second kappa shape index (κ2) is 9.51. The van der Waals surface area contributed by atoms with Crippen LogP contribution in [0.4, 0.5) is 11.6 Å². The van der Waals surface area contributed by atoms with Crippen LogP contribution in [0.5, 0.6) is 0 Å². The molecule has 0 bridgehead atoms. The Hall–Kier alpha value is -3.57. The van der Waals surface area contributed by atoms with Crippen LogP contribution in [0.25, 0.3) is 23.0 Å². The maximum absolute atomic E-state index is 12.5. The number of hydrogen-bond acceptors (Lipinski definition) is 10. The fourth-order valence-electron chi connectivity index (χ4n) is 3.95. The minimum absolute atomic E-state index is 0.159. The summed E-state index contributed by atoms with van der Waals surface area (Å²) in [4.78, 5) is 27.7. The zero-order chi connectivity index (χ0) is 22.6. The number of hydrogen-bond donors (Lipinski definition) is 1. The first-order valence-corrected chi connectivity index (χ1v) is 11.0. The van der Waals surface area contributed by atoms with Gasteiger partial charge in [-0.25, -0.2) is 9.97 Å². The van der Waals surface area contributed by atoms with Crippen LogP contribution in [-0.2, 0) is 9.53 Å². The summed E-state index contributed by atoms with van der Waals surface area (Å²) < 4.78 is 11.1. The molecule has 11 heteroatoms. The third-order valence-electron chi connectivity index (χ3n) is 5.86. The van der Waals surface area contributed by atoms with Crippen molar-refractivity contribution in [2.24, 2.45) is 0 Å². The van der Waals surface area contributed by atoms with Gasteiger partial charge in [-0.05, 0) is 12.1 Å². The molecule has 2 aliphatic rings. The Bertz CT molecular complexity index is 1090. The largest absolute Gasteiger partial charge is 0.414 e. The van der Waals surface area contributed by atoms with Crippen LogP contribution in [0, 0.1) is 0 Å². The standard InChI is InChI=1S/C22H26N8O3/c23-20-19(22-27-26-21(33-22)16-4-2-1-3-5-16)25-17(14-24-20)29-8-6-28(7-9-29)15-18(31)30-10-12-32-13-11-30/h1-5,14H,6-13,15H2,(H2,23,24). The Kier molecular flexibility index (Phi) is 6.13. The number of rotatable bonds is 5. The lowest BCUT2D eigenvalue weighted by atomic mass is 10.2. The van der Waals surface area contributed by atoms with Crippen LogP contribution in [0.2, 0.25) is 0 Å². The second-order valence-corrected chi connectivity index (χ2v) is 8.00. The molecule has 172 valence electrons. The van der Waals surface area contributed by atoms with E-state index in [4.69, 9.17) is 14.9 Å². The average molecular weight is 451 g/mol. The predicted octanol–water partition coefficient (Wildman–Crippen LogP) is 0.757. The Morgan fingerprint density at radius 1 is 0.970 bits per heavy atom. The maximum atomic E-state index is 12.5. The maximum Gasteiger partial charge on any atom is 0.270 e. The number of carbonyl (C=O) groups excluding carboxylic acids is 1. The smallest absolute Gasteiger partial charge is 0.270 e. The molecule has 1 amide bonds. The van der Waals surface area contributed by atoms with E-state index in [9.17, 15) is 4.79 Å². The molecule has 2 aromatic heterocycles. The van der Waals surface area contributed by atoms with Gasteiger partial charge in [0.25, 0.3) is 5.89 Å². The van der Waals surface area contributed by atoms with Gasteiger partial charge in [-0.3, -0.25) is 9.69 Å². The summed E-state index contributed by atoms with van der Waals surface area (Å²) in [6.45, 7) is 5.98. The van der Waals surface area contributed by atoms with Crippen LogP contribution >= 0.6 is 0 Å². The molecule has 2 aliphatic heterocycles. The normalized spacial score (nSPS) is 17.3. The fraction of sp³-hybridized carbons (Fsp3) is 0.409. The van der Waals surface area contributed by atoms with E-state index in [1.165, 1.54) is 0 Å². The molecule has 2 N–H and O–H groups in total. The number of ether oxygens (including phenoxy) is 1. The molecule has 0 aliphatic carbocycles. The summed E-state index contributed by atoms with van der Waals surface area (Å²) in [6, 6.07) is 9.52. The number of carbonyl (C=O) groups is 1. The number of morpholine rings is 1. The van der Waals surface area contributed by atoms with E-state index < -0.39 is 0 Å². The Labute approximate surface area is 191 Å². The number of benzene rings is 1. The molecular weight excluding hydrogens is 424 g/mol. The lowest BCUT2D eigenvalue weighted by molar-refractivity contribution is -0.136. The highest BCUT2D eigenvalue weighted by Gasteiger charge is 2.25. The molecule has 11 nitrogen and oxygen atoms in total. The van der Waals surface area contributed by atoms with E-state index in [1.54, 1.807) is 6.20 Å². The number of piperazine rings is 1. The summed E-state index contributed by atoms with van der Waals surface area (Å²) in [5.74, 6) is 1.72. The van der Waals surface area contributed by atoms with Crippen LogP contribution in [0.15, 0.2) is 40.9 Å². The van der Waals surface area contributed by atoms with Gasteiger partial charge in [0, 0.05) is 44.8 Å². The van der Waals surface area contributed by atoms with E-state index >= 15 is 0 Å². The van der Waals surface area contributed by atoms with Crippen LogP contribution in [0.3, 0.4) is 0 Å². The molecule has 2 saturated heterocycles. The van der Waals surface area contributed by atoms with E-state index in [0.717, 1.165) is 31.7 Å². The van der Waals surface area contributed by atoms with E-state index in [1.807, 2.05) is 35.2 Å². The minimum atomic E-state index is 0.159. The summed E-state index contributed by atoms with van der Waals surface area (Å²) >= 11 is 0. The summed E-state index contributed by atoms with van der Waals surface area (Å²) in [6.07, 6.45) is 1.65. The first kappa shape index (κ1) is 21.3. The Balaban J connectivity index is 1.24. The van der Waals surface area contributed by atoms with Gasteiger partial charge in [0.1, 0.15) is 5.82 Å².